The summed E-state index contributed by atoms with van der Waals surface area (Å²) in [6, 6.07) is 27.5. The fourth-order valence-electron chi connectivity index (χ4n) is 3.45. The van der Waals surface area contributed by atoms with Crippen LogP contribution in [0, 0.1) is 0 Å². The van der Waals surface area contributed by atoms with Crippen molar-refractivity contribution in [3.05, 3.63) is 109 Å². The summed E-state index contributed by atoms with van der Waals surface area (Å²) in [6.45, 7) is 5.68. The van der Waals surface area contributed by atoms with Crippen molar-refractivity contribution in [2.24, 2.45) is 20.5 Å². The maximum absolute atomic E-state index is 12.3. The normalized spacial score (nSPS) is 11.8. The molecule has 0 heterocycles. The number of carbonyl (C=O) groups is 1. The van der Waals surface area contributed by atoms with Gasteiger partial charge < -0.3 is 24.6 Å². The second-order valence-electron chi connectivity index (χ2n) is 9.17. The second kappa shape index (κ2) is 14.8. The minimum atomic E-state index is -0.447. The Morgan fingerprint density at radius 3 is 1.40 bits per heavy atom. The van der Waals surface area contributed by atoms with E-state index in [1.807, 2.05) is 24.3 Å². The molecule has 4 rings (SSSR count). The summed E-state index contributed by atoms with van der Waals surface area (Å²) in [6.07, 6.45) is 0. The van der Waals surface area contributed by atoms with Crippen LogP contribution in [0.1, 0.15) is 6.92 Å². The molecule has 0 saturated heterocycles. The lowest BCUT2D eigenvalue weighted by Gasteiger charge is -2.20. The Morgan fingerprint density at radius 2 is 1.05 bits per heavy atom. The predicted molar refractivity (Wildman–Crippen MR) is 160 cm³/mol. The number of phenols is 1. The first kappa shape index (κ1) is 29.5. The van der Waals surface area contributed by atoms with Crippen molar-refractivity contribution in [2.45, 2.75) is 13.0 Å². The van der Waals surface area contributed by atoms with Gasteiger partial charge in [0, 0.05) is 5.57 Å². The van der Waals surface area contributed by atoms with Crippen molar-refractivity contribution < 1.29 is 24.1 Å². The number of nitrogens with one attached hydrogen (secondary N) is 1. The molecule has 0 spiro atoms. The zero-order valence-electron chi connectivity index (χ0n) is 23.3. The third-order valence-corrected chi connectivity index (χ3v) is 5.78. The molecule has 2 N–H and O–H groups in total. The fraction of sp³-hybridized carbons (Fsp3) is 0.156. The van der Waals surface area contributed by atoms with Crippen molar-refractivity contribution in [3.63, 3.8) is 0 Å². The maximum Gasteiger partial charge on any atom is 0.246 e. The molecule has 0 bridgehead atoms. The van der Waals surface area contributed by atoms with E-state index in [1.54, 1.807) is 86.8 Å². The molecule has 10 nitrogen and oxygen atoms in total. The average molecular weight is 566 g/mol. The van der Waals surface area contributed by atoms with Gasteiger partial charge in [-0.1, -0.05) is 6.58 Å². The number of carbonyl (C=O) groups excluding carboxylic acids is 1. The Bertz CT molecular complexity index is 1520. The van der Waals surface area contributed by atoms with E-state index in [4.69, 9.17) is 14.2 Å². The van der Waals surface area contributed by atoms with Crippen LogP contribution in [0.25, 0.3) is 0 Å². The molecule has 42 heavy (non-hydrogen) atoms. The molecule has 1 unspecified atom stereocenters. The molecule has 214 valence electrons. The molecular weight excluding hydrogens is 534 g/mol. The van der Waals surface area contributed by atoms with E-state index in [-0.39, 0.29) is 24.9 Å². The smallest absolute Gasteiger partial charge is 0.246 e. The fourth-order valence-corrected chi connectivity index (χ4v) is 3.45. The van der Waals surface area contributed by atoms with Gasteiger partial charge in [-0.25, -0.2) is 0 Å². The van der Waals surface area contributed by atoms with E-state index in [1.165, 1.54) is 0 Å². The van der Waals surface area contributed by atoms with Gasteiger partial charge >= 0.3 is 0 Å². The van der Waals surface area contributed by atoms with Gasteiger partial charge in [0.15, 0.2) is 0 Å². The summed E-state index contributed by atoms with van der Waals surface area (Å²) in [7, 11) is 1.61. The van der Waals surface area contributed by atoms with Gasteiger partial charge in [0.2, 0.25) is 5.91 Å². The number of amides is 1. The molecule has 0 aromatic heterocycles. The van der Waals surface area contributed by atoms with E-state index >= 15 is 0 Å². The molecule has 0 aliphatic carbocycles. The van der Waals surface area contributed by atoms with E-state index in [2.05, 4.69) is 32.4 Å². The summed E-state index contributed by atoms with van der Waals surface area (Å²) in [5.41, 5.74) is 3.02. The molecule has 10 heteroatoms. The highest BCUT2D eigenvalue weighted by Gasteiger charge is 2.15. The summed E-state index contributed by atoms with van der Waals surface area (Å²) in [4.78, 5) is 12.3. The summed E-state index contributed by atoms with van der Waals surface area (Å²) >= 11 is 0. The standard InChI is InChI=1S/C32H31N5O5/c1-22(2)32(39)33-27(20-41-30-16-8-25(9-17-30)36-34-23-4-12-28(38)13-5-23)21-42-31-18-10-26(11-19-31)37-35-24-6-14-29(40-3)15-7-24/h4-19,27,38H,1,20-21H2,2-3H3,(H,33,39). The van der Waals surface area contributed by atoms with Crippen LogP contribution in [0.15, 0.2) is 130 Å². The van der Waals surface area contributed by atoms with Crippen LogP contribution in [0.5, 0.6) is 23.0 Å². The minimum absolute atomic E-state index is 0.167. The van der Waals surface area contributed by atoms with E-state index in [0.29, 0.717) is 39.8 Å². The summed E-state index contributed by atoms with van der Waals surface area (Å²) in [5.74, 6) is 1.84. The van der Waals surface area contributed by atoms with E-state index in [0.717, 1.165) is 5.75 Å². The number of benzene rings is 4. The van der Waals surface area contributed by atoms with Crippen LogP contribution in [0.2, 0.25) is 0 Å². The summed E-state index contributed by atoms with van der Waals surface area (Å²) in [5, 5.41) is 29.1. The average Bonchev–Trinajstić information content (AvgIpc) is 3.02. The predicted octanol–water partition coefficient (Wildman–Crippen LogP) is 7.75. The Balaban J connectivity index is 1.31. The van der Waals surface area contributed by atoms with Gasteiger partial charge in [-0.15, -0.1) is 0 Å². The highest BCUT2D eigenvalue weighted by Crippen LogP contribution is 2.24. The quantitative estimate of drug-likeness (QED) is 0.127. The van der Waals surface area contributed by atoms with Crippen molar-refractivity contribution in [2.75, 3.05) is 20.3 Å². The molecule has 0 saturated carbocycles. The molecule has 0 radical (unpaired) electrons. The van der Waals surface area contributed by atoms with Gasteiger partial charge in [-0.2, -0.15) is 20.5 Å². The molecule has 0 aliphatic rings. The second-order valence-corrected chi connectivity index (χ2v) is 9.17. The number of aromatic hydroxyl groups is 1. The van der Waals surface area contributed by atoms with Crippen molar-refractivity contribution in [1.82, 2.24) is 5.32 Å². The Morgan fingerprint density at radius 1 is 0.690 bits per heavy atom. The van der Waals surface area contributed by atoms with Crippen LogP contribution in [0.3, 0.4) is 0 Å². The summed E-state index contributed by atoms with van der Waals surface area (Å²) < 4.78 is 17.0. The number of methoxy groups -OCH3 is 1. The number of azo groups is 2. The number of nitrogens with zero attached hydrogens (tertiary/aromatic N) is 4. The van der Waals surface area contributed by atoms with E-state index in [9.17, 15) is 9.90 Å². The van der Waals surface area contributed by atoms with Crippen LogP contribution >= 0.6 is 0 Å². The van der Waals surface area contributed by atoms with Gasteiger partial charge in [0.25, 0.3) is 0 Å². The highest BCUT2D eigenvalue weighted by atomic mass is 16.5. The number of rotatable bonds is 13. The largest absolute Gasteiger partial charge is 0.508 e. The first-order chi connectivity index (χ1) is 20.4. The van der Waals surface area contributed by atoms with E-state index < -0.39 is 6.04 Å². The monoisotopic (exact) mass is 565 g/mol. The molecule has 4 aromatic rings. The Hall–Kier alpha value is -5.51. The van der Waals surface area contributed by atoms with Crippen molar-refractivity contribution in [1.29, 1.82) is 0 Å². The zero-order chi connectivity index (χ0) is 29.7. The van der Waals surface area contributed by atoms with Gasteiger partial charge in [0.05, 0.1) is 35.9 Å². The molecule has 1 amide bonds. The SMILES string of the molecule is C=C(C)C(=O)NC(COc1ccc(N=Nc2ccc(O)cc2)cc1)COc1ccc(N=Nc2ccc(OC)cc2)cc1. The lowest BCUT2D eigenvalue weighted by Crippen LogP contribution is -2.43. The minimum Gasteiger partial charge on any atom is -0.508 e. The molecule has 0 fully saturated rings. The number of phenolic OH excluding ortho intramolecular Hbond substituents is 1. The van der Waals surface area contributed by atoms with Crippen LogP contribution in [-0.2, 0) is 4.79 Å². The van der Waals surface area contributed by atoms with Crippen molar-refractivity contribution >= 4 is 28.7 Å². The van der Waals surface area contributed by atoms with Crippen LogP contribution < -0.4 is 19.5 Å². The lowest BCUT2D eigenvalue weighted by atomic mass is 10.2. The van der Waals surface area contributed by atoms with Gasteiger partial charge in [-0.05, 0) is 104 Å². The molecule has 4 aromatic carbocycles. The Kier molecular flexibility index (Phi) is 10.4. The first-order valence-electron chi connectivity index (χ1n) is 13.1. The zero-order valence-corrected chi connectivity index (χ0v) is 23.3. The maximum atomic E-state index is 12.3. The highest BCUT2D eigenvalue weighted by molar-refractivity contribution is 5.92. The molecule has 1 atom stereocenters. The molecular formula is C32H31N5O5. The van der Waals surface area contributed by atoms with Gasteiger partial charge in [-0.3, -0.25) is 4.79 Å². The topological polar surface area (TPSA) is 126 Å². The van der Waals surface area contributed by atoms with Crippen LogP contribution in [0.4, 0.5) is 22.7 Å². The third-order valence-electron chi connectivity index (χ3n) is 5.78. The lowest BCUT2D eigenvalue weighted by molar-refractivity contribution is -0.118. The third kappa shape index (κ3) is 9.30. The number of hydrogen-bond donors (Lipinski definition) is 2. The van der Waals surface area contributed by atoms with Crippen molar-refractivity contribution in [3.8, 4) is 23.0 Å². The van der Waals surface area contributed by atoms with Crippen LogP contribution in [-0.4, -0.2) is 37.4 Å². The Labute approximate surface area is 244 Å². The first-order valence-corrected chi connectivity index (χ1v) is 13.1. The van der Waals surface area contributed by atoms with Gasteiger partial charge in [0.1, 0.15) is 36.2 Å². The molecule has 0 aliphatic heterocycles. The number of hydrogen-bond acceptors (Lipinski definition) is 9. The number of ether oxygens (including phenoxy) is 3.